The lowest BCUT2D eigenvalue weighted by Gasteiger charge is -2.35. The highest BCUT2D eigenvalue weighted by Gasteiger charge is 2.25. The lowest BCUT2D eigenvalue weighted by Crippen LogP contribution is -2.46. The molecule has 2 heterocycles. The molecule has 5 nitrogen and oxygen atoms in total. The number of nitrogens with zero attached hydrogens (tertiary/aromatic N) is 3. The lowest BCUT2D eigenvalue weighted by atomic mass is 10.2. The molecule has 0 atom stereocenters. The van der Waals surface area contributed by atoms with E-state index in [9.17, 15) is 8.42 Å². The van der Waals surface area contributed by atoms with Crippen molar-refractivity contribution in [2.24, 2.45) is 0 Å². The predicted molar refractivity (Wildman–Crippen MR) is 118 cm³/mol. The van der Waals surface area contributed by atoms with E-state index in [0.29, 0.717) is 10.4 Å². The SMILES string of the molecule is CCN1CCN(c2cn(S(=O)(=O)c3ccc(C)cc3)c3ccc(Br)cc23)CC1. The van der Waals surface area contributed by atoms with E-state index in [-0.39, 0.29) is 0 Å². The molecule has 1 aromatic heterocycles. The summed E-state index contributed by atoms with van der Waals surface area (Å²) in [4.78, 5) is 5.01. The standard InChI is InChI=1S/C21H24BrN3O2S/c1-3-23-10-12-24(13-11-23)21-15-25(20-9-6-17(22)14-19(20)21)28(26,27)18-7-4-16(2)5-8-18/h4-9,14-15H,3,10-13H2,1-2H3. The third kappa shape index (κ3) is 3.47. The first-order valence-electron chi connectivity index (χ1n) is 9.50. The van der Waals surface area contributed by atoms with Crippen molar-refractivity contribution in [2.45, 2.75) is 18.7 Å². The van der Waals surface area contributed by atoms with Crippen molar-refractivity contribution >= 4 is 42.5 Å². The Morgan fingerprint density at radius 3 is 2.32 bits per heavy atom. The summed E-state index contributed by atoms with van der Waals surface area (Å²) in [5.74, 6) is 0. The molecule has 0 unspecified atom stereocenters. The number of benzene rings is 2. The Morgan fingerprint density at radius 2 is 1.68 bits per heavy atom. The molecule has 0 bridgehead atoms. The second-order valence-corrected chi connectivity index (χ2v) is 9.94. The first-order valence-corrected chi connectivity index (χ1v) is 11.7. The number of likely N-dealkylation sites (N-methyl/N-ethyl adjacent to an activating group) is 1. The zero-order chi connectivity index (χ0) is 19.9. The van der Waals surface area contributed by atoms with E-state index >= 15 is 0 Å². The van der Waals surface area contributed by atoms with E-state index in [2.05, 4.69) is 32.7 Å². The van der Waals surface area contributed by atoms with E-state index in [1.165, 1.54) is 3.97 Å². The van der Waals surface area contributed by atoms with Crippen molar-refractivity contribution in [3.63, 3.8) is 0 Å². The summed E-state index contributed by atoms with van der Waals surface area (Å²) in [7, 11) is -3.66. The number of anilines is 1. The van der Waals surface area contributed by atoms with Gasteiger partial charge in [0.15, 0.2) is 0 Å². The highest BCUT2D eigenvalue weighted by Crippen LogP contribution is 2.34. The largest absolute Gasteiger partial charge is 0.367 e. The molecule has 1 aliphatic heterocycles. The van der Waals surface area contributed by atoms with Crippen LogP contribution in [0.25, 0.3) is 10.9 Å². The average Bonchev–Trinajstić information content (AvgIpc) is 3.08. The van der Waals surface area contributed by atoms with Gasteiger partial charge in [-0.3, -0.25) is 0 Å². The minimum Gasteiger partial charge on any atom is -0.367 e. The van der Waals surface area contributed by atoms with E-state index < -0.39 is 10.0 Å². The Labute approximate surface area is 174 Å². The summed E-state index contributed by atoms with van der Waals surface area (Å²) < 4.78 is 29.1. The first-order chi connectivity index (χ1) is 13.4. The van der Waals surface area contributed by atoms with Crippen LogP contribution in [0.15, 0.2) is 58.0 Å². The second-order valence-electron chi connectivity index (χ2n) is 7.21. The van der Waals surface area contributed by atoms with Crippen molar-refractivity contribution < 1.29 is 8.42 Å². The number of piperazine rings is 1. The number of aromatic nitrogens is 1. The van der Waals surface area contributed by atoms with Gasteiger partial charge in [-0.15, -0.1) is 0 Å². The number of halogens is 1. The summed E-state index contributed by atoms with van der Waals surface area (Å²) in [6.07, 6.45) is 1.79. The average molecular weight is 462 g/mol. The molecule has 3 aromatic rings. The van der Waals surface area contributed by atoms with Gasteiger partial charge < -0.3 is 9.80 Å². The Morgan fingerprint density at radius 1 is 1.00 bits per heavy atom. The fraction of sp³-hybridized carbons (Fsp3) is 0.333. The molecule has 0 radical (unpaired) electrons. The highest BCUT2D eigenvalue weighted by molar-refractivity contribution is 9.10. The van der Waals surface area contributed by atoms with Crippen molar-refractivity contribution in [1.82, 2.24) is 8.87 Å². The van der Waals surface area contributed by atoms with Crippen molar-refractivity contribution in [1.29, 1.82) is 0 Å². The smallest absolute Gasteiger partial charge is 0.268 e. The van der Waals surface area contributed by atoms with Gasteiger partial charge >= 0.3 is 0 Å². The van der Waals surface area contributed by atoms with Crippen LogP contribution in [0.5, 0.6) is 0 Å². The van der Waals surface area contributed by atoms with Gasteiger partial charge in [0.1, 0.15) is 0 Å². The predicted octanol–water partition coefficient (Wildman–Crippen LogP) is 4.09. The molecule has 0 N–H and O–H groups in total. The van der Waals surface area contributed by atoms with Crippen molar-refractivity contribution in [2.75, 3.05) is 37.6 Å². The Bertz CT molecular complexity index is 1100. The van der Waals surface area contributed by atoms with Gasteiger partial charge in [-0.1, -0.05) is 40.5 Å². The molecule has 0 saturated carbocycles. The fourth-order valence-electron chi connectivity index (χ4n) is 3.74. The van der Waals surface area contributed by atoms with Gasteiger partial charge in [0.2, 0.25) is 0 Å². The molecule has 28 heavy (non-hydrogen) atoms. The maximum absolute atomic E-state index is 13.4. The molecule has 1 saturated heterocycles. The summed E-state index contributed by atoms with van der Waals surface area (Å²) in [6, 6.07) is 12.8. The van der Waals surface area contributed by atoms with Crippen LogP contribution in [0.4, 0.5) is 5.69 Å². The molecule has 7 heteroatoms. The monoisotopic (exact) mass is 461 g/mol. The molecule has 0 spiro atoms. The van der Waals surface area contributed by atoms with Crippen molar-refractivity contribution in [3.8, 4) is 0 Å². The van der Waals surface area contributed by atoms with Crippen molar-refractivity contribution in [3.05, 3.63) is 58.7 Å². The van der Waals surface area contributed by atoms with E-state index in [1.54, 1.807) is 18.3 Å². The number of hydrogen-bond donors (Lipinski definition) is 0. The van der Waals surface area contributed by atoms with Crippen LogP contribution in [0.2, 0.25) is 0 Å². The maximum atomic E-state index is 13.4. The zero-order valence-electron chi connectivity index (χ0n) is 16.1. The summed E-state index contributed by atoms with van der Waals surface area (Å²) >= 11 is 3.54. The van der Waals surface area contributed by atoms with Crippen LogP contribution in [-0.2, 0) is 10.0 Å². The third-order valence-corrected chi connectivity index (χ3v) is 7.63. The maximum Gasteiger partial charge on any atom is 0.268 e. The molecule has 4 rings (SSSR count). The van der Waals surface area contributed by atoms with Gasteiger partial charge in [0.25, 0.3) is 10.0 Å². The molecule has 1 aliphatic rings. The number of rotatable bonds is 4. The minimum absolute atomic E-state index is 0.306. The third-order valence-electron chi connectivity index (χ3n) is 5.45. The number of fused-ring (bicyclic) bond motifs is 1. The second kappa shape index (κ2) is 7.54. The zero-order valence-corrected chi connectivity index (χ0v) is 18.5. The number of hydrogen-bond acceptors (Lipinski definition) is 4. The van der Waals surface area contributed by atoms with Crippen LogP contribution < -0.4 is 4.90 Å². The summed E-state index contributed by atoms with van der Waals surface area (Å²) in [5.41, 5.74) is 2.72. The quantitative estimate of drug-likeness (QED) is 0.586. The minimum atomic E-state index is -3.66. The van der Waals surface area contributed by atoms with Crippen LogP contribution in [0, 0.1) is 6.92 Å². The van der Waals surface area contributed by atoms with Gasteiger partial charge in [-0.05, 0) is 43.8 Å². The molecule has 148 valence electrons. The van der Waals surface area contributed by atoms with Crippen LogP contribution in [-0.4, -0.2) is 50.0 Å². The highest BCUT2D eigenvalue weighted by atomic mass is 79.9. The molecule has 1 fully saturated rings. The van der Waals surface area contributed by atoms with Gasteiger partial charge in [-0.2, -0.15) is 0 Å². The first kappa shape index (κ1) is 19.5. The topological polar surface area (TPSA) is 45.5 Å². The van der Waals surface area contributed by atoms with E-state index in [4.69, 9.17) is 0 Å². The van der Waals surface area contributed by atoms with E-state index in [0.717, 1.165) is 53.8 Å². The van der Waals surface area contributed by atoms with Crippen LogP contribution in [0.3, 0.4) is 0 Å². The molecular formula is C21H24BrN3O2S. The Kier molecular flexibility index (Phi) is 5.24. The molecular weight excluding hydrogens is 438 g/mol. The summed E-state index contributed by atoms with van der Waals surface area (Å²) in [5, 5.41) is 0.954. The normalized spacial score (nSPS) is 16.0. The molecule has 0 amide bonds. The number of aryl methyl sites for hydroxylation is 1. The lowest BCUT2D eigenvalue weighted by molar-refractivity contribution is 0.271. The Hall–Kier alpha value is -1.83. The fourth-order valence-corrected chi connectivity index (χ4v) is 5.46. The van der Waals surface area contributed by atoms with Gasteiger partial charge in [0.05, 0.1) is 16.1 Å². The van der Waals surface area contributed by atoms with Crippen LogP contribution in [0.1, 0.15) is 12.5 Å². The van der Waals surface area contributed by atoms with Gasteiger partial charge in [-0.25, -0.2) is 12.4 Å². The molecule has 2 aromatic carbocycles. The van der Waals surface area contributed by atoms with Crippen LogP contribution >= 0.6 is 15.9 Å². The Balaban J connectivity index is 1.83. The molecule has 0 aliphatic carbocycles. The summed E-state index contributed by atoms with van der Waals surface area (Å²) in [6.45, 7) is 8.93. The van der Waals surface area contributed by atoms with Gasteiger partial charge in [0, 0.05) is 42.2 Å². The van der Waals surface area contributed by atoms with E-state index in [1.807, 2.05) is 37.3 Å².